The average Bonchev–Trinajstić information content (AvgIpc) is 3.10. The summed E-state index contributed by atoms with van der Waals surface area (Å²) in [5.74, 6) is 0. The maximum Gasteiger partial charge on any atom is 0.129 e. The van der Waals surface area contributed by atoms with Gasteiger partial charge < -0.3 is 0 Å². The van der Waals surface area contributed by atoms with E-state index in [9.17, 15) is 0 Å². The SMILES string of the molecule is Clc1ccc(C2=NNC(c3ccc(Cl)cc3)(c3ccc(Cl)nc3)C2)cc1. The Morgan fingerprint density at radius 3 is 2.00 bits per heavy atom. The molecule has 2 heterocycles. The summed E-state index contributed by atoms with van der Waals surface area (Å²) in [6.07, 6.45) is 2.45. The van der Waals surface area contributed by atoms with E-state index < -0.39 is 5.54 Å². The van der Waals surface area contributed by atoms with Gasteiger partial charge in [-0.25, -0.2) is 4.98 Å². The highest BCUT2D eigenvalue weighted by atomic mass is 35.5. The highest BCUT2D eigenvalue weighted by Gasteiger charge is 2.40. The maximum absolute atomic E-state index is 6.08. The Morgan fingerprint density at radius 1 is 0.769 bits per heavy atom. The van der Waals surface area contributed by atoms with Crippen LogP contribution in [0.3, 0.4) is 0 Å². The lowest BCUT2D eigenvalue weighted by Gasteiger charge is -2.30. The van der Waals surface area contributed by atoms with Gasteiger partial charge in [-0.2, -0.15) is 5.10 Å². The summed E-state index contributed by atoms with van der Waals surface area (Å²) >= 11 is 18.1. The molecule has 0 radical (unpaired) electrons. The summed E-state index contributed by atoms with van der Waals surface area (Å²) in [7, 11) is 0. The maximum atomic E-state index is 6.08. The first-order chi connectivity index (χ1) is 12.6. The van der Waals surface area contributed by atoms with Crippen LogP contribution in [-0.2, 0) is 5.54 Å². The van der Waals surface area contributed by atoms with Crippen LogP contribution in [0.1, 0.15) is 23.1 Å². The van der Waals surface area contributed by atoms with Gasteiger partial charge >= 0.3 is 0 Å². The minimum absolute atomic E-state index is 0.455. The number of nitrogens with one attached hydrogen (secondary N) is 1. The molecule has 1 N–H and O–H groups in total. The fourth-order valence-electron chi connectivity index (χ4n) is 3.16. The van der Waals surface area contributed by atoms with E-state index in [0.29, 0.717) is 21.6 Å². The minimum atomic E-state index is -0.531. The number of pyridine rings is 1. The second-order valence-electron chi connectivity index (χ2n) is 6.14. The molecule has 0 fully saturated rings. The molecule has 0 saturated heterocycles. The van der Waals surface area contributed by atoms with Crippen molar-refractivity contribution in [1.29, 1.82) is 0 Å². The van der Waals surface area contributed by atoms with Gasteiger partial charge in [0.1, 0.15) is 10.7 Å². The molecule has 0 aliphatic carbocycles. The van der Waals surface area contributed by atoms with E-state index in [-0.39, 0.29) is 0 Å². The van der Waals surface area contributed by atoms with E-state index in [1.807, 2.05) is 54.6 Å². The number of hydrazone groups is 1. The molecule has 0 bridgehead atoms. The van der Waals surface area contributed by atoms with Gasteiger partial charge in [0.15, 0.2) is 0 Å². The van der Waals surface area contributed by atoms with Gasteiger partial charge in [-0.3, -0.25) is 5.43 Å². The second kappa shape index (κ2) is 6.92. The molecule has 6 heteroatoms. The fraction of sp³-hybridized carbons (Fsp3) is 0.100. The summed E-state index contributed by atoms with van der Waals surface area (Å²) in [6.45, 7) is 0. The van der Waals surface area contributed by atoms with Gasteiger partial charge in [-0.1, -0.05) is 65.1 Å². The van der Waals surface area contributed by atoms with E-state index in [1.54, 1.807) is 12.3 Å². The van der Waals surface area contributed by atoms with Crippen molar-refractivity contribution >= 4 is 40.5 Å². The topological polar surface area (TPSA) is 37.3 Å². The molecular weight excluding hydrogens is 389 g/mol. The van der Waals surface area contributed by atoms with Crippen molar-refractivity contribution in [3.63, 3.8) is 0 Å². The molecule has 1 aliphatic heterocycles. The van der Waals surface area contributed by atoms with E-state index in [4.69, 9.17) is 34.8 Å². The number of aromatic nitrogens is 1. The normalized spacial score (nSPS) is 19.1. The van der Waals surface area contributed by atoms with Crippen LogP contribution in [0.4, 0.5) is 0 Å². The van der Waals surface area contributed by atoms with Crippen LogP contribution in [0.2, 0.25) is 15.2 Å². The second-order valence-corrected chi connectivity index (χ2v) is 7.40. The Bertz CT molecular complexity index is 904. The van der Waals surface area contributed by atoms with Crippen LogP contribution in [0, 0.1) is 0 Å². The van der Waals surface area contributed by atoms with Crippen LogP contribution in [-0.4, -0.2) is 10.7 Å². The highest BCUT2D eigenvalue weighted by molar-refractivity contribution is 6.31. The molecule has 4 rings (SSSR count). The van der Waals surface area contributed by atoms with Crippen molar-refractivity contribution in [3.05, 3.63) is 98.7 Å². The summed E-state index contributed by atoms with van der Waals surface area (Å²) in [4.78, 5) is 4.25. The standard InChI is InChI=1S/C20H14Cl3N3/c21-16-6-1-13(2-7-16)18-11-20(26-25-18,14-3-8-17(22)9-4-14)15-5-10-19(23)24-12-15/h1-10,12,26H,11H2. The van der Waals surface area contributed by atoms with Gasteiger partial charge in [0.25, 0.3) is 0 Å². The molecule has 1 aliphatic rings. The van der Waals surface area contributed by atoms with E-state index in [1.165, 1.54) is 0 Å². The number of nitrogens with zero attached hydrogens (tertiary/aromatic N) is 2. The Hall–Kier alpha value is -2.07. The highest BCUT2D eigenvalue weighted by Crippen LogP contribution is 2.38. The fourth-order valence-corrected chi connectivity index (χ4v) is 3.53. The summed E-state index contributed by atoms with van der Waals surface area (Å²) in [5, 5.41) is 6.46. The van der Waals surface area contributed by atoms with Crippen molar-refractivity contribution in [2.45, 2.75) is 12.0 Å². The molecule has 0 saturated carbocycles. The van der Waals surface area contributed by atoms with Crippen molar-refractivity contribution in [3.8, 4) is 0 Å². The average molecular weight is 403 g/mol. The molecule has 0 spiro atoms. The first-order valence-corrected chi connectivity index (χ1v) is 9.18. The lowest BCUT2D eigenvalue weighted by atomic mass is 9.80. The number of benzene rings is 2. The lowest BCUT2D eigenvalue weighted by Crippen LogP contribution is -2.37. The van der Waals surface area contributed by atoms with Crippen molar-refractivity contribution in [1.82, 2.24) is 10.4 Å². The Labute approximate surface area is 166 Å². The quantitative estimate of drug-likeness (QED) is 0.572. The lowest BCUT2D eigenvalue weighted by molar-refractivity contribution is 0.459. The molecule has 3 nitrogen and oxygen atoms in total. The monoisotopic (exact) mass is 401 g/mol. The number of halogens is 3. The predicted molar refractivity (Wildman–Crippen MR) is 107 cm³/mol. The molecule has 0 amide bonds. The number of hydrogen-bond donors (Lipinski definition) is 1. The number of rotatable bonds is 3. The summed E-state index contributed by atoms with van der Waals surface area (Å²) < 4.78 is 0. The third-order valence-electron chi connectivity index (χ3n) is 4.55. The third-order valence-corrected chi connectivity index (χ3v) is 5.28. The Balaban J connectivity index is 1.77. The number of hydrogen-bond acceptors (Lipinski definition) is 3. The van der Waals surface area contributed by atoms with Gasteiger partial charge in [-0.15, -0.1) is 0 Å². The molecule has 3 aromatic rings. The minimum Gasteiger partial charge on any atom is -0.294 e. The van der Waals surface area contributed by atoms with E-state index in [2.05, 4.69) is 15.5 Å². The van der Waals surface area contributed by atoms with E-state index in [0.717, 1.165) is 22.4 Å². The summed E-state index contributed by atoms with van der Waals surface area (Å²) in [5.41, 5.74) is 6.82. The molecule has 26 heavy (non-hydrogen) atoms. The van der Waals surface area contributed by atoms with Gasteiger partial charge in [0.05, 0.1) is 5.71 Å². The molecule has 1 atom stereocenters. The zero-order chi connectivity index (χ0) is 18.1. The molecule has 1 aromatic heterocycles. The van der Waals surface area contributed by atoms with E-state index >= 15 is 0 Å². The van der Waals surface area contributed by atoms with Crippen molar-refractivity contribution in [2.75, 3.05) is 0 Å². The summed E-state index contributed by atoms with van der Waals surface area (Å²) in [6, 6.07) is 19.2. The Kier molecular flexibility index (Phi) is 4.62. The first-order valence-electron chi connectivity index (χ1n) is 8.05. The van der Waals surface area contributed by atoms with Crippen LogP contribution in [0.25, 0.3) is 0 Å². The predicted octanol–water partition coefficient (Wildman–Crippen LogP) is 5.68. The first kappa shape index (κ1) is 17.3. The van der Waals surface area contributed by atoms with Crippen LogP contribution >= 0.6 is 34.8 Å². The third kappa shape index (κ3) is 3.18. The van der Waals surface area contributed by atoms with Crippen LogP contribution in [0.5, 0.6) is 0 Å². The zero-order valence-electron chi connectivity index (χ0n) is 13.6. The smallest absolute Gasteiger partial charge is 0.129 e. The van der Waals surface area contributed by atoms with Crippen LogP contribution < -0.4 is 5.43 Å². The van der Waals surface area contributed by atoms with Crippen LogP contribution in [0.15, 0.2) is 72.0 Å². The molecule has 130 valence electrons. The van der Waals surface area contributed by atoms with Crippen molar-refractivity contribution < 1.29 is 0 Å². The Morgan fingerprint density at radius 2 is 1.38 bits per heavy atom. The van der Waals surface area contributed by atoms with Gasteiger partial charge in [0, 0.05) is 28.2 Å². The van der Waals surface area contributed by atoms with Gasteiger partial charge in [0.2, 0.25) is 0 Å². The van der Waals surface area contributed by atoms with Crippen molar-refractivity contribution in [2.24, 2.45) is 5.10 Å². The molecule has 1 unspecified atom stereocenters. The van der Waals surface area contributed by atoms with Gasteiger partial charge in [-0.05, 0) is 41.5 Å². The largest absolute Gasteiger partial charge is 0.294 e. The molecule has 2 aromatic carbocycles. The molecular formula is C20H14Cl3N3. The zero-order valence-corrected chi connectivity index (χ0v) is 15.9.